The SMILES string of the molecule is CCCCCCCCC(CCCCCCc1cc(F)c(F)c(F)c1)C(OCC)(OCC)OCC. The molecule has 0 aliphatic heterocycles. The first-order chi connectivity index (χ1) is 16.4. The summed E-state index contributed by atoms with van der Waals surface area (Å²) in [5.41, 5.74) is 0.500. The van der Waals surface area contributed by atoms with E-state index < -0.39 is 23.4 Å². The first-order valence-electron chi connectivity index (χ1n) is 13.5. The van der Waals surface area contributed by atoms with Crippen LogP contribution in [0.1, 0.15) is 110 Å². The topological polar surface area (TPSA) is 27.7 Å². The van der Waals surface area contributed by atoms with Crippen LogP contribution < -0.4 is 0 Å². The lowest BCUT2D eigenvalue weighted by Crippen LogP contribution is -2.46. The van der Waals surface area contributed by atoms with Crippen molar-refractivity contribution >= 4 is 0 Å². The van der Waals surface area contributed by atoms with E-state index in [1.54, 1.807) is 0 Å². The second-order valence-electron chi connectivity index (χ2n) is 8.98. The number of rotatable bonds is 21. The van der Waals surface area contributed by atoms with E-state index in [9.17, 15) is 13.2 Å². The zero-order chi connectivity index (χ0) is 25.2. The highest BCUT2D eigenvalue weighted by atomic mass is 19.2. The van der Waals surface area contributed by atoms with Gasteiger partial charge in [0.1, 0.15) is 0 Å². The van der Waals surface area contributed by atoms with Crippen molar-refractivity contribution in [2.45, 2.75) is 117 Å². The van der Waals surface area contributed by atoms with Crippen LogP contribution in [0.15, 0.2) is 12.1 Å². The number of benzene rings is 1. The molecule has 1 unspecified atom stereocenters. The van der Waals surface area contributed by atoms with Gasteiger partial charge in [-0.25, -0.2) is 13.2 Å². The summed E-state index contributed by atoms with van der Waals surface area (Å²) in [5.74, 6) is -4.48. The Bertz CT molecular complexity index is 614. The van der Waals surface area contributed by atoms with E-state index in [-0.39, 0.29) is 5.92 Å². The molecule has 0 N–H and O–H groups in total. The third-order valence-electron chi connectivity index (χ3n) is 6.25. The van der Waals surface area contributed by atoms with Gasteiger partial charge >= 0.3 is 0 Å². The van der Waals surface area contributed by atoms with Crippen LogP contribution in [0.5, 0.6) is 0 Å². The van der Waals surface area contributed by atoms with Gasteiger partial charge in [-0.15, -0.1) is 0 Å². The number of hydrogen-bond donors (Lipinski definition) is 0. The number of hydrogen-bond acceptors (Lipinski definition) is 3. The summed E-state index contributed by atoms with van der Waals surface area (Å²) < 4.78 is 58.2. The Hall–Kier alpha value is -1.11. The lowest BCUT2D eigenvalue weighted by molar-refractivity contribution is -0.403. The molecule has 1 atom stereocenters. The number of ether oxygens (including phenoxy) is 3. The lowest BCUT2D eigenvalue weighted by atomic mass is 9.91. The smallest absolute Gasteiger partial charge is 0.285 e. The van der Waals surface area contributed by atoms with Crippen molar-refractivity contribution in [3.63, 3.8) is 0 Å². The molecule has 0 aliphatic rings. The highest BCUT2D eigenvalue weighted by Gasteiger charge is 2.41. The van der Waals surface area contributed by atoms with Crippen molar-refractivity contribution in [3.8, 4) is 0 Å². The molecule has 6 heteroatoms. The molecular weight excluding hydrogens is 441 g/mol. The third kappa shape index (κ3) is 11.1. The van der Waals surface area contributed by atoms with Gasteiger partial charge in [-0.1, -0.05) is 64.7 Å². The summed E-state index contributed by atoms with van der Waals surface area (Å²) in [4.78, 5) is 0. The van der Waals surface area contributed by atoms with Gasteiger partial charge in [0.2, 0.25) is 0 Å². The van der Waals surface area contributed by atoms with Crippen molar-refractivity contribution in [2.75, 3.05) is 19.8 Å². The van der Waals surface area contributed by atoms with Crippen molar-refractivity contribution in [1.29, 1.82) is 0 Å². The molecule has 0 amide bonds. The lowest BCUT2D eigenvalue weighted by Gasteiger charge is -2.39. The Balaban J connectivity index is 2.60. The summed E-state index contributed by atoms with van der Waals surface area (Å²) >= 11 is 0. The van der Waals surface area contributed by atoms with Crippen LogP contribution in [0.3, 0.4) is 0 Å². The maximum absolute atomic E-state index is 13.4. The summed E-state index contributed by atoms with van der Waals surface area (Å²) in [6, 6.07) is 2.19. The number of unbranched alkanes of at least 4 members (excludes halogenated alkanes) is 8. The van der Waals surface area contributed by atoms with Gasteiger partial charge in [-0.2, -0.15) is 0 Å². The molecule has 0 fully saturated rings. The number of halogens is 3. The van der Waals surface area contributed by atoms with Crippen LogP contribution >= 0.6 is 0 Å². The Morgan fingerprint density at radius 1 is 0.647 bits per heavy atom. The molecule has 0 aromatic heterocycles. The third-order valence-corrected chi connectivity index (χ3v) is 6.25. The standard InChI is InChI=1S/C28H47F3O3/c1-5-9-10-11-12-16-19-24(28(32-6-2,33-7-3)34-8-4)20-17-14-13-15-18-23-21-25(29)27(31)26(30)22-23/h21-22,24H,5-20H2,1-4H3. The molecule has 0 saturated heterocycles. The minimum atomic E-state index is -1.40. The van der Waals surface area contributed by atoms with Crippen LogP contribution in [0.25, 0.3) is 0 Å². The van der Waals surface area contributed by atoms with Crippen molar-refractivity contribution in [1.82, 2.24) is 0 Å². The maximum Gasteiger partial charge on any atom is 0.285 e. The predicted molar refractivity (Wildman–Crippen MR) is 132 cm³/mol. The molecule has 0 spiro atoms. The Morgan fingerprint density at radius 3 is 1.56 bits per heavy atom. The maximum atomic E-state index is 13.4. The van der Waals surface area contributed by atoms with Gasteiger partial charge in [-0.3, -0.25) is 0 Å². The first kappa shape index (κ1) is 30.9. The average Bonchev–Trinajstić information content (AvgIpc) is 2.80. The average molecular weight is 489 g/mol. The minimum absolute atomic E-state index is 0.152. The van der Waals surface area contributed by atoms with Crippen LogP contribution in [0.2, 0.25) is 0 Å². The normalized spacial score (nSPS) is 12.9. The molecule has 1 rings (SSSR count). The van der Waals surface area contributed by atoms with E-state index in [0.29, 0.717) is 31.8 Å². The van der Waals surface area contributed by atoms with Crippen LogP contribution in [-0.2, 0) is 20.6 Å². The van der Waals surface area contributed by atoms with Crippen molar-refractivity contribution in [3.05, 3.63) is 35.1 Å². The first-order valence-corrected chi connectivity index (χ1v) is 13.5. The van der Waals surface area contributed by atoms with E-state index in [1.165, 1.54) is 32.1 Å². The molecule has 34 heavy (non-hydrogen) atoms. The summed E-state index contributed by atoms with van der Waals surface area (Å²) in [6.45, 7) is 9.71. The molecule has 0 aliphatic carbocycles. The molecule has 0 heterocycles. The van der Waals surface area contributed by atoms with E-state index in [0.717, 1.165) is 57.1 Å². The van der Waals surface area contributed by atoms with Crippen LogP contribution in [0, 0.1) is 23.4 Å². The second kappa shape index (κ2) is 18.2. The zero-order valence-electron chi connectivity index (χ0n) is 21.9. The van der Waals surface area contributed by atoms with Gasteiger partial charge in [0.25, 0.3) is 5.97 Å². The van der Waals surface area contributed by atoms with Crippen LogP contribution in [-0.4, -0.2) is 25.8 Å². The Labute approximate surface area is 205 Å². The fraction of sp³-hybridized carbons (Fsp3) is 0.786. The minimum Gasteiger partial charge on any atom is -0.328 e. The Kier molecular flexibility index (Phi) is 16.6. The monoisotopic (exact) mass is 488 g/mol. The van der Waals surface area contributed by atoms with Crippen molar-refractivity contribution < 1.29 is 27.4 Å². The molecule has 0 bridgehead atoms. The van der Waals surface area contributed by atoms with Gasteiger partial charge in [0.15, 0.2) is 17.5 Å². The van der Waals surface area contributed by atoms with Gasteiger partial charge < -0.3 is 14.2 Å². The van der Waals surface area contributed by atoms with E-state index >= 15 is 0 Å². The predicted octanol–water partition coefficient (Wildman–Crippen LogP) is 8.73. The fourth-order valence-corrected chi connectivity index (χ4v) is 4.58. The fourth-order valence-electron chi connectivity index (χ4n) is 4.58. The van der Waals surface area contributed by atoms with E-state index in [2.05, 4.69) is 6.92 Å². The summed E-state index contributed by atoms with van der Waals surface area (Å²) in [5, 5.41) is 0. The number of aryl methyl sites for hydroxylation is 1. The highest BCUT2D eigenvalue weighted by Crippen LogP contribution is 2.34. The largest absolute Gasteiger partial charge is 0.328 e. The molecule has 1 aromatic rings. The molecule has 1 aromatic carbocycles. The molecule has 0 saturated carbocycles. The van der Waals surface area contributed by atoms with E-state index in [1.807, 2.05) is 20.8 Å². The van der Waals surface area contributed by atoms with Gasteiger partial charge in [-0.05, 0) is 64.2 Å². The Morgan fingerprint density at radius 2 is 1.09 bits per heavy atom. The summed E-state index contributed by atoms with van der Waals surface area (Å²) in [6.07, 6.45) is 13.7. The van der Waals surface area contributed by atoms with Gasteiger partial charge in [0.05, 0.1) is 0 Å². The zero-order valence-corrected chi connectivity index (χ0v) is 21.9. The highest BCUT2D eigenvalue weighted by molar-refractivity contribution is 5.19. The molecular formula is C28H47F3O3. The molecule has 198 valence electrons. The second-order valence-corrected chi connectivity index (χ2v) is 8.98. The van der Waals surface area contributed by atoms with E-state index in [4.69, 9.17) is 14.2 Å². The summed E-state index contributed by atoms with van der Waals surface area (Å²) in [7, 11) is 0. The molecule has 0 radical (unpaired) electrons. The van der Waals surface area contributed by atoms with Crippen LogP contribution in [0.4, 0.5) is 13.2 Å². The van der Waals surface area contributed by atoms with Gasteiger partial charge in [0, 0.05) is 25.7 Å². The van der Waals surface area contributed by atoms with Crippen molar-refractivity contribution in [2.24, 2.45) is 5.92 Å². The quantitative estimate of drug-likeness (QED) is 0.0983. The molecule has 3 nitrogen and oxygen atoms in total.